The van der Waals surface area contributed by atoms with Crippen LogP contribution in [0.5, 0.6) is 0 Å². The van der Waals surface area contributed by atoms with Gasteiger partial charge in [0.05, 0.1) is 16.6 Å². The minimum Gasteiger partial charge on any atom is -0.478 e. The number of carbonyl (C=O) groups is 2. The molecule has 2 aromatic carbocycles. The van der Waals surface area contributed by atoms with Crippen molar-refractivity contribution < 1.29 is 19.1 Å². The molecular formula is C27H34FN3O3S. The summed E-state index contributed by atoms with van der Waals surface area (Å²) in [4.78, 5) is 28.7. The first-order chi connectivity index (χ1) is 16.6. The number of thiol groups is 1. The number of aryl methyl sites for hydroxylation is 2. The first-order valence-corrected chi connectivity index (χ1v) is 12.7. The van der Waals surface area contributed by atoms with Gasteiger partial charge in [-0.15, -0.1) is 0 Å². The van der Waals surface area contributed by atoms with E-state index in [1.165, 1.54) is 12.1 Å². The van der Waals surface area contributed by atoms with Crippen molar-refractivity contribution in [3.63, 3.8) is 0 Å². The van der Waals surface area contributed by atoms with Gasteiger partial charge >= 0.3 is 5.97 Å². The molecule has 3 aromatic rings. The molecule has 0 unspecified atom stereocenters. The maximum atomic E-state index is 14.3. The molecule has 0 fully saturated rings. The molecule has 35 heavy (non-hydrogen) atoms. The van der Waals surface area contributed by atoms with Crippen LogP contribution in [0.4, 0.5) is 4.39 Å². The lowest BCUT2D eigenvalue weighted by Crippen LogP contribution is -2.32. The second-order valence-corrected chi connectivity index (χ2v) is 9.86. The summed E-state index contributed by atoms with van der Waals surface area (Å²) in [6.45, 7) is 9.03. The lowest BCUT2D eigenvalue weighted by molar-refractivity contribution is -0.124. The zero-order valence-corrected chi connectivity index (χ0v) is 21.7. The fourth-order valence-corrected chi connectivity index (χ4v) is 4.70. The molecule has 188 valence electrons. The molecule has 0 spiro atoms. The first kappa shape index (κ1) is 26.7. The molecule has 1 amide bonds. The Morgan fingerprint density at radius 1 is 1.20 bits per heavy atom. The Bertz CT molecular complexity index is 1220. The molecule has 0 radical (unpaired) electrons. The highest BCUT2D eigenvalue weighted by molar-refractivity contribution is 7.80. The highest BCUT2D eigenvalue weighted by atomic mass is 32.1. The van der Waals surface area contributed by atoms with Crippen LogP contribution in [-0.2, 0) is 24.3 Å². The van der Waals surface area contributed by atoms with Crippen molar-refractivity contribution in [2.45, 2.75) is 60.0 Å². The van der Waals surface area contributed by atoms with Gasteiger partial charge in [0.25, 0.3) is 0 Å². The van der Waals surface area contributed by atoms with Gasteiger partial charge in [0.1, 0.15) is 11.6 Å². The minimum atomic E-state index is -1.29. The van der Waals surface area contributed by atoms with Crippen LogP contribution >= 0.6 is 12.6 Å². The van der Waals surface area contributed by atoms with Gasteiger partial charge in [0.2, 0.25) is 5.91 Å². The molecular weight excluding hydrogens is 465 g/mol. The Balaban J connectivity index is 1.93. The third-order valence-electron chi connectivity index (χ3n) is 6.08. The normalized spacial score (nSPS) is 12.3. The summed E-state index contributed by atoms with van der Waals surface area (Å²) >= 11 is 4.35. The highest BCUT2D eigenvalue weighted by Crippen LogP contribution is 2.25. The quantitative estimate of drug-likeness (QED) is 0.309. The van der Waals surface area contributed by atoms with Crippen LogP contribution in [0.15, 0.2) is 30.3 Å². The number of imidazole rings is 1. The van der Waals surface area contributed by atoms with E-state index >= 15 is 0 Å². The van der Waals surface area contributed by atoms with Gasteiger partial charge in [-0.1, -0.05) is 32.9 Å². The van der Waals surface area contributed by atoms with Crippen LogP contribution in [-0.4, -0.2) is 32.3 Å². The molecule has 8 heteroatoms. The Hall–Kier alpha value is -2.87. The van der Waals surface area contributed by atoms with Gasteiger partial charge in [0, 0.05) is 31.2 Å². The number of aromatic nitrogens is 2. The lowest BCUT2D eigenvalue weighted by Gasteiger charge is -2.17. The summed E-state index contributed by atoms with van der Waals surface area (Å²) < 4.78 is 16.4. The van der Waals surface area contributed by atoms with Crippen molar-refractivity contribution in [3.05, 3.63) is 64.2 Å². The number of carboxylic acid groups (broad SMARTS) is 1. The molecule has 0 saturated carbocycles. The van der Waals surface area contributed by atoms with E-state index in [0.717, 1.165) is 47.2 Å². The van der Waals surface area contributed by atoms with Gasteiger partial charge in [0.15, 0.2) is 0 Å². The van der Waals surface area contributed by atoms with Crippen molar-refractivity contribution in [2.75, 3.05) is 5.75 Å². The van der Waals surface area contributed by atoms with E-state index in [1.54, 1.807) is 6.07 Å². The fourth-order valence-electron chi connectivity index (χ4n) is 4.39. The van der Waals surface area contributed by atoms with E-state index in [9.17, 15) is 14.0 Å². The number of benzene rings is 2. The molecule has 1 atom stereocenters. The molecule has 3 rings (SSSR count). The number of carbonyl (C=O) groups excluding carboxylic acids is 1. The number of halogens is 1. The zero-order chi connectivity index (χ0) is 25.7. The van der Waals surface area contributed by atoms with E-state index in [4.69, 9.17) is 10.1 Å². The SMILES string of the molecule is CCCc1nc2c(C)cc(CNC(=O)[C@@H](CS)CC(C)C)cc2n1Cc1ccc(C(=O)O)c(F)c1. The van der Waals surface area contributed by atoms with Gasteiger partial charge in [-0.05, 0) is 60.6 Å². The zero-order valence-electron chi connectivity index (χ0n) is 20.8. The number of nitrogens with one attached hydrogen (secondary N) is 1. The summed E-state index contributed by atoms with van der Waals surface area (Å²) in [6.07, 6.45) is 2.45. The van der Waals surface area contributed by atoms with Crippen molar-refractivity contribution in [3.8, 4) is 0 Å². The Morgan fingerprint density at radius 3 is 2.54 bits per heavy atom. The third kappa shape index (κ3) is 6.42. The van der Waals surface area contributed by atoms with Crippen molar-refractivity contribution in [1.29, 1.82) is 0 Å². The number of aromatic carboxylic acids is 1. The highest BCUT2D eigenvalue weighted by Gasteiger charge is 2.19. The number of fused-ring (bicyclic) bond motifs is 1. The van der Waals surface area contributed by atoms with E-state index in [-0.39, 0.29) is 17.4 Å². The predicted molar refractivity (Wildman–Crippen MR) is 140 cm³/mol. The van der Waals surface area contributed by atoms with E-state index in [2.05, 4.69) is 43.3 Å². The van der Waals surface area contributed by atoms with Gasteiger partial charge in [-0.3, -0.25) is 4.79 Å². The third-order valence-corrected chi connectivity index (χ3v) is 6.52. The van der Waals surface area contributed by atoms with Gasteiger partial charge < -0.3 is 15.0 Å². The lowest BCUT2D eigenvalue weighted by atomic mass is 9.98. The van der Waals surface area contributed by atoms with Crippen LogP contribution in [0, 0.1) is 24.6 Å². The van der Waals surface area contributed by atoms with Crippen molar-refractivity contribution >= 4 is 35.5 Å². The maximum Gasteiger partial charge on any atom is 0.338 e. The van der Waals surface area contributed by atoms with E-state index in [0.29, 0.717) is 30.3 Å². The summed E-state index contributed by atoms with van der Waals surface area (Å²) in [6, 6.07) is 8.27. The molecule has 0 bridgehead atoms. The van der Waals surface area contributed by atoms with Crippen LogP contribution in [0.3, 0.4) is 0 Å². The fraction of sp³-hybridized carbons (Fsp3) is 0.444. The van der Waals surface area contributed by atoms with Crippen LogP contribution in [0.1, 0.15) is 66.5 Å². The number of carboxylic acids is 1. The molecule has 6 nitrogen and oxygen atoms in total. The summed E-state index contributed by atoms with van der Waals surface area (Å²) in [5.74, 6) is -0.360. The van der Waals surface area contributed by atoms with E-state index in [1.807, 2.05) is 19.1 Å². The average Bonchev–Trinajstić information content (AvgIpc) is 3.13. The molecule has 0 aliphatic heterocycles. The predicted octanol–water partition coefficient (Wildman–Crippen LogP) is 5.39. The second-order valence-electron chi connectivity index (χ2n) is 9.49. The Labute approximate surface area is 211 Å². The van der Waals surface area contributed by atoms with Crippen molar-refractivity contribution in [2.24, 2.45) is 11.8 Å². The summed E-state index contributed by atoms with van der Waals surface area (Å²) in [7, 11) is 0. The molecule has 0 saturated heterocycles. The minimum absolute atomic E-state index is 0.000579. The number of nitrogens with zero attached hydrogens (tertiary/aromatic N) is 2. The van der Waals surface area contributed by atoms with Gasteiger partial charge in [-0.2, -0.15) is 12.6 Å². The second kappa shape index (κ2) is 11.7. The summed E-state index contributed by atoms with van der Waals surface area (Å²) in [5.41, 5.74) is 4.06. The molecule has 0 aliphatic rings. The topological polar surface area (TPSA) is 84.2 Å². The number of hydrogen-bond acceptors (Lipinski definition) is 4. The Morgan fingerprint density at radius 2 is 1.94 bits per heavy atom. The standard InChI is InChI=1S/C27H34FN3O3S/c1-5-6-24-30-25-17(4)10-19(13-29-26(32)20(15-35)9-16(2)3)12-23(25)31(24)14-18-7-8-21(27(33)34)22(28)11-18/h7-8,10-12,16,20,35H,5-6,9,13-15H2,1-4H3,(H,29,32)(H,33,34)/t20-/m1/s1. The molecule has 0 aliphatic carbocycles. The molecule has 1 heterocycles. The smallest absolute Gasteiger partial charge is 0.338 e. The maximum absolute atomic E-state index is 14.3. The number of amides is 1. The first-order valence-electron chi connectivity index (χ1n) is 12.0. The van der Waals surface area contributed by atoms with Crippen LogP contribution in [0.25, 0.3) is 11.0 Å². The molecule has 1 aromatic heterocycles. The van der Waals surface area contributed by atoms with Crippen molar-refractivity contribution in [1.82, 2.24) is 14.9 Å². The summed E-state index contributed by atoms with van der Waals surface area (Å²) in [5, 5.41) is 12.2. The average molecular weight is 500 g/mol. The van der Waals surface area contributed by atoms with Crippen LogP contribution in [0.2, 0.25) is 0 Å². The monoisotopic (exact) mass is 499 g/mol. The molecule has 2 N–H and O–H groups in total. The number of hydrogen-bond donors (Lipinski definition) is 3. The largest absolute Gasteiger partial charge is 0.478 e. The van der Waals surface area contributed by atoms with Gasteiger partial charge in [-0.25, -0.2) is 14.2 Å². The Kier molecular flexibility index (Phi) is 8.94. The number of rotatable bonds is 11. The van der Waals surface area contributed by atoms with E-state index < -0.39 is 11.8 Å². The van der Waals surface area contributed by atoms with Crippen LogP contribution < -0.4 is 5.32 Å².